The van der Waals surface area contributed by atoms with Gasteiger partial charge in [-0.3, -0.25) is 14.6 Å². The standard InChI is InChI=1S/C13H14N2O3/c1-3-18-13(17)11-9(2)15(14-12(11)16)10-7-5-4-6-8-10/h4-8H,3H2,1-2H3,(H,14,16). The van der Waals surface area contributed by atoms with Gasteiger partial charge >= 0.3 is 5.97 Å². The van der Waals surface area contributed by atoms with Gasteiger partial charge in [-0.25, -0.2) is 4.79 Å². The van der Waals surface area contributed by atoms with Crippen LogP contribution in [0.5, 0.6) is 0 Å². The highest BCUT2D eigenvalue weighted by Gasteiger charge is 2.20. The van der Waals surface area contributed by atoms with E-state index in [1.54, 1.807) is 18.5 Å². The second-order valence-electron chi connectivity index (χ2n) is 3.79. The quantitative estimate of drug-likeness (QED) is 0.837. The summed E-state index contributed by atoms with van der Waals surface area (Å²) in [6, 6.07) is 9.29. The molecule has 0 radical (unpaired) electrons. The highest BCUT2D eigenvalue weighted by atomic mass is 16.5. The van der Waals surface area contributed by atoms with Gasteiger partial charge in [0, 0.05) is 0 Å². The largest absolute Gasteiger partial charge is 0.462 e. The van der Waals surface area contributed by atoms with E-state index < -0.39 is 11.5 Å². The second kappa shape index (κ2) is 4.91. The Balaban J connectivity index is 2.51. The van der Waals surface area contributed by atoms with Gasteiger partial charge in [-0.2, -0.15) is 0 Å². The van der Waals surface area contributed by atoms with E-state index in [4.69, 9.17) is 4.74 Å². The summed E-state index contributed by atoms with van der Waals surface area (Å²) in [5.41, 5.74) is 0.961. The van der Waals surface area contributed by atoms with Crippen molar-refractivity contribution >= 4 is 5.97 Å². The van der Waals surface area contributed by atoms with Gasteiger partial charge in [-0.1, -0.05) is 18.2 Å². The van der Waals surface area contributed by atoms with Gasteiger partial charge in [-0.15, -0.1) is 0 Å². The minimum atomic E-state index is -0.592. The highest BCUT2D eigenvalue weighted by Crippen LogP contribution is 2.11. The number of nitrogens with zero attached hydrogens (tertiary/aromatic N) is 1. The zero-order chi connectivity index (χ0) is 13.1. The fourth-order valence-electron chi connectivity index (χ4n) is 1.80. The summed E-state index contributed by atoms with van der Waals surface area (Å²) in [6.07, 6.45) is 0. The van der Waals surface area contributed by atoms with Crippen LogP contribution >= 0.6 is 0 Å². The summed E-state index contributed by atoms with van der Waals surface area (Å²) in [7, 11) is 0. The number of carbonyl (C=O) groups is 1. The van der Waals surface area contributed by atoms with Gasteiger partial charge < -0.3 is 4.74 Å². The molecule has 0 bridgehead atoms. The van der Waals surface area contributed by atoms with Crippen molar-refractivity contribution in [3.63, 3.8) is 0 Å². The molecular weight excluding hydrogens is 232 g/mol. The van der Waals surface area contributed by atoms with Crippen LogP contribution in [-0.4, -0.2) is 22.4 Å². The number of ether oxygens (including phenoxy) is 1. The van der Waals surface area contributed by atoms with E-state index in [-0.39, 0.29) is 12.2 Å². The first-order valence-corrected chi connectivity index (χ1v) is 5.69. The molecule has 1 heterocycles. The van der Waals surface area contributed by atoms with Gasteiger partial charge in [0.1, 0.15) is 5.56 Å². The van der Waals surface area contributed by atoms with Crippen LogP contribution in [0.15, 0.2) is 35.1 Å². The summed E-state index contributed by atoms with van der Waals surface area (Å²) in [4.78, 5) is 23.4. The number of hydrogen-bond acceptors (Lipinski definition) is 3. The molecule has 2 aromatic rings. The van der Waals surface area contributed by atoms with Gasteiger partial charge in [-0.05, 0) is 26.0 Å². The Morgan fingerprint density at radius 3 is 2.61 bits per heavy atom. The van der Waals surface area contributed by atoms with Crippen LogP contribution in [-0.2, 0) is 4.74 Å². The number of rotatable bonds is 3. The van der Waals surface area contributed by atoms with Crippen LogP contribution in [0.4, 0.5) is 0 Å². The lowest BCUT2D eigenvalue weighted by molar-refractivity contribution is 0.0524. The molecule has 0 saturated carbocycles. The number of aromatic nitrogens is 2. The Morgan fingerprint density at radius 2 is 2.00 bits per heavy atom. The summed E-state index contributed by atoms with van der Waals surface area (Å²) >= 11 is 0. The highest BCUT2D eigenvalue weighted by molar-refractivity contribution is 5.90. The molecule has 1 aromatic heterocycles. The molecule has 18 heavy (non-hydrogen) atoms. The third-order valence-electron chi connectivity index (χ3n) is 2.63. The lowest BCUT2D eigenvalue weighted by Gasteiger charge is -2.05. The topological polar surface area (TPSA) is 64.1 Å². The summed E-state index contributed by atoms with van der Waals surface area (Å²) in [6.45, 7) is 3.65. The molecule has 2 rings (SSSR count). The van der Waals surface area contributed by atoms with Gasteiger partial charge in [0.25, 0.3) is 5.56 Å². The van der Waals surface area contributed by atoms with Crippen LogP contribution in [0.2, 0.25) is 0 Å². The van der Waals surface area contributed by atoms with E-state index in [2.05, 4.69) is 5.10 Å². The number of carbonyl (C=O) groups excluding carboxylic acids is 1. The van der Waals surface area contributed by atoms with Crippen molar-refractivity contribution in [2.45, 2.75) is 13.8 Å². The lowest BCUT2D eigenvalue weighted by atomic mass is 10.2. The van der Waals surface area contributed by atoms with E-state index in [0.29, 0.717) is 5.69 Å². The van der Waals surface area contributed by atoms with Gasteiger partial charge in [0.2, 0.25) is 0 Å². The molecule has 0 spiro atoms. The van der Waals surface area contributed by atoms with Gasteiger partial charge in [0.05, 0.1) is 18.0 Å². The van der Waals surface area contributed by atoms with Crippen LogP contribution in [0.25, 0.3) is 5.69 Å². The summed E-state index contributed by atoms with van der Waals surface area (Å²) in [5, 5.41) is 2.63. The van der Waals surface area contributed by atoms with Crippen molar-refractivity contribution in [1.29, 1.82) is 0 Å². The predicted molar refractivity (Wildman–Crippen MR) is 67.1 cm³/mol. The molecule has 0 amide bonds. The van der Waals surface area contributed by atoms with Crippen molar-refractivity contribution in [1.82, 2.24) is 9.78 Å². The molecule has 5 heteroatoms. The third-order valence-corrected chi connectivity index (χ3v) is 2.63. The molecule has 1 aromatic carbocycles. The first-order chi connectivity index (χ1) is 8.65. The minimum absolute atomic E-state index is 0.0562. The van der Waals surface area contributed by atoms with Gasteiger partial charge in [0.15, 0.2) is 0 Å². The molecule has 1 N–H and O–H groups in total. The van der Waals surface area contributed by atoms with Crippen LogP contribution in [0, 0.1) is 6.92 Å². The molecule has 0 aliphatic carbocycles. The minimum Gasteiger partial charge on any atom is -0.462 e. The molecule has 0 aliphatic heterocycles. The van der Waals surface area contributed by atoms with E-state index in [9.17, 15) is 9.59 Å². The number of H-pyrrole nitrogens is 1. The van der Waals surface area contributed by atoms with Crippen molar-refractivity contribution in [3.8, 4) is 5.69 Å². The first kappa shape index (κ1) is 12.2. The maximum atomic E-state index is 11.8. The van der Waals surface area contributed by atoms with Crippen LogP contribution in [0.1, 0.15) is 23.0 Å². The summed E-state index contributed by atoms with van der Waals surface area (Å²) < 4.78 is 6.44. The zero-order valence-electron chi connectivity index (χ0n) is 10.3. The Kier molecular flexibility index (Phi) is 3.32. The Morgan fingerprint density at radius 1 is 1.33 bits per heavy atom. The smallest absolute Gasteiger partial charge is 0.345 e. The molecular formula is C13H14N2O3. The number of aromatic amines is 1. The molecule has 0 aliphatic rings. The maximum absolute atomic E-state index is 11.8. The average Bonchev–Trinajstić information content (AvgIpc) is 2.66. The van der Waals surface area contributed by atoms with Crippen molar-refractivity contribution < 1.29 is 9.53 Å². The molecule has 0 saturated heterocycles. The Bertz CT molecular complexity index is 611. The number of nitrogens with one attached hydrogen (secondary N) is 1. The van der Waals surface area contributed by atoms with E-state index >= 15 is 0 Å². The lowest BCUT2D eigenvalue weighted by Crippen LogP contribution is -2.15. The summed E-state index contributed by atoms with van der Waals surface area (Å²) in [5.74, 6) is -0.592. The van der Waals surface area contributed by atoms with Crippen molar-refractivity contribution in [3.05, 3.63) is 51.9 Å². The van der Waals surface area contributed by atoms with E-state index in [1.165, 1.54) is 0 Å². The first-order valence-electron chi connectivity index (χ1n) is 5.69. The van der Waals surface area contributed by atoms with E-state index in [1.807, 2.05) is 30.3 Å². The zero-order valence-corrected chi connectivity index (χ0v) is 10.3. The third kappa shape index (κ3) is 2.07. The van der Waals surface area contributed by atoms with Crippen LogP contribution in [0.3, 0.4) is 0 Å². The molecule has 0 atom stereocenters. The Labute approximate surface area is 104 Å². The van der Waals surface area contributed by atoms with Crippen LogP contribution < -0.4 is 5.56 Å². The number of hydrogen-bond donors (Lipinski definition) is 1. The second-order valence-corrected chi connectivity index (χ2v) is 3.79. The average molecular weight is 246 g/mol. The fourth-order valence-corrected chi connectivity index (χ4v) is 1.80. The van der Waals surface area contributed by atoms with E-state index in [0.717, 1.165) is 5.69 Å². The SMILES string of the molecule is CCOC(=O)c1c(C)n(-c2ccccc2)[nH]c1=O. The molecule has 0 fully saturated rings. The molecule has 0 unspecified atom stereocenters. The van der Waals surface area contributed by atoms with Crippen molar-refractivity contribution in [2.24, 2.45) is 0 Å². The molecule has 94 valence electrons. The number of para-hydroxylation sites is 1. The van der Waals surface area contributed by atoms with Crippen molar-refractivity contribution in [2.75, 3.05) is 6.61 Å². The monoisotopic (exact) mass is 246 g/mol. The maximum Gasteiger partial charge on any atom is 0.345 e. The normalized spacial score (nSPS) is 10.3. The number of benzene rings is 1. The fraction of sp³-hybridized carbons (Fsp3) is 0.231. The predicted octanol–water partition coefficient (Wildman–Crippen LogP) is 1.65. The number of esters is 1. The molecule has 5 nitrogen and oxygen atoms in total. The Hall–Kier alpha value is -2.30.